The van der Waals surface area contributed by atoms with Crippen molar-refractivity contribution in [3.63, 3.8) is 0 Å². The first kappa shape index (κ1) is 22.5. The summed E-state index contributed by atoms with van der Waals surface area (Å²) in [4.78, 5) is 3.81. The van der Waals surface area contributed by atoms with Gasteiger partial charge in [-0.2, -0.15) is 18.3 Å². The lowest BCUT2D eigenvalue weighted by Crippen LogP contribution is -2.24. The zero-order chi connectivity index (χ0) is 24.0. The number of pyridine rings is 1. The van der Waals surface area contributed by atoms with E-state index in [4.69, 9.17) is 0 Å². The van der Waals surface area contributed by atoms with Crippen molar-refractivity contribution in [1.29, 1.82) is 0 Å². The Kier molecular flexibility index (Phi) is 5.63. The molecule has 1 saturated carbocycles. The van der Waals surface area contributed by atoms with E-state index in [0.29, 0.717) is 28.1 Å². The number of hydrogen-bond acceptors (Lipinski definition) is 5. The van der Waals surface area contributed by atoms with Gasteiger partial charge in [-0.1, -0.05) is 31.5 Å². The van der Waals surface area contributed by atoms with Gasteiger partial charge in [0.15, 0.2) is 0 Å². The largest absolute Gasteiger partial charge is 0.433 e. The van der Waals surface area contributed by atoms with E-state index in [-0.39, 0.29) is 18.2 Å². The highest BCUT2D eigenvalue weighted by Gasteiger charge is 2.35. The van der Waals surface area contributed by atoms with Crippen LogP contribution in [0.15, 0.2) is 36.7 Å². The molecular weight excluding hydrogens is 445 g/mol. The summed E-state index contributed by atoms with van der Waals surface area (Å²) in [6.07, 6.45) is 0.421. The standard InChI is InChI=1S/C24H25F3N6O/c1-13(11-34)20-22-17(10-18(29-20)24(25,26)27)21(30-31-22)16-8-4-7-15(9-16)19(14-5-3-6-14)23-32-28-12-33(23)2/h4,7-10,12-14,19,34H,3,5-6,11H2,1-2H3,(H,30,31)/t13-,19-/m1/s1. The maximum atomic E-state index is 13.6. The van der Waals surface area contributed by atoms with E-state index in [1.54, 1.807) is 13.3 Å². The summed E-state index contributed by atoms with van der Waals surface area (Å²) in [6.45, 7) is 1.31. The molecule has 0 unspecified atom stereocenters. The van der Waals surface area contributed by atoms with E-state index in [9.17, 15) is 18.3 Å². The quantitative estimate of drug-likeness (QED) is 0.422. The number of alkyl halides is 3. The monoisotopic (exact) mass is 470 g/mol. The van der Waals surface area contributed by atoms with E-state index >= 15 is 0 Å². The molecule has 34 heavy (non-hydrogen) atoms. The number of hydrogen-bond donors (Lipinski definition) is 2. The van der Waals surface area contributed by atoms with Crippen molar-refractivity contribution in [2.24, 2.45) is 13.0 Å². The SMILES string of the molecule is C[C@H](CO)c1nc(C(F)(F)F)cc2c(-c3cccc([C@H](c4nncn4C)C4CCC4)c3)n[nH]c12. The molecule has 10 heteroatoms. The zero-order valence-electron chi connectivity index (χ0n) is 18.8. The fourth-order valence-electron chi connectivity index (χ4n) is 4.71. The minimum Gasteiger partial charge on any atom is -0.396 e. The number of aliphatic hydroxyl groups is 1. The molecule has 0 saturated heterocycles. The fraction of sp³-hybridized carbons (Fsp3) is 0.417. The first-order valence-electron chi connectivity index (χ1n) is 11.3. The summed E-state index contributed by atoms with van der Waals surface area (Å²) >= 11 is 0. The Morgan fingerprint density at radius 1 is 1.24 bits per heavy atom. The van der Waals surface area contributed by atoms with Crippen molar-refractivity contribution < 1.29 is 18.3 Å². The van der Waals surface area contributed by atoms with Gasteiger partial charge in [0.1, 0.15) is 23.5 Å². The molecule has 1 aliphatic rings. The Hall–Kier alpha value is -3.27. The maximum Gasteiger partial charge on any atom is 0.433 e. The highest BCUT2D eigenvalue weighted by molar-refractivity contribution is 5.94. The van der Waals surface area contributed by atoms with E-state index in [0.717, 1.165) is 30.3 Å². The Bertz CT molecular complexity index is 1320. The Morgan fingerprint density at radius 2 is 2.03 bits per heavy atom. The van der Waals surface area contributed by atoms with Crippen LogP contribution < -0.4 is 0 Å². The molecule has 1 aromatic carbocycles. The molecule has 4 aromatic rings. The molecule has 5 rings (SSSR count). The van der Waals surface area contributed by atoms with E-state index in [1.807, 2.05) is 35.9 Å². The second-order valence-electron chi connectivity index (χ2n) is 9.06. The van der Waals surface area contributed by atoms with Crippen LogP contribution in [-0.4, -0.2) is 41.7 Å². The third kappa shape index (κ3) is 3.85. The van der Waals surface area contributed by atoms with Gasteiger partial charge < -0.3 is 9.67 Å². The van der Waals surface area contributed by atoms with E-state index < -0.39 is 17.8 Å². The first-order valence-corrected chi connectivity index (χ1v) is 11.3. The Balaban J connectivity index is 1.65. The number of aryl methyl sites for hydroxylation is 1. The molecule has 0 bridgehead atoms. The van der Waals surface area contributed by atoms with Gasteiger partial charge in [0, 0.05) is 29.8 Å². The number of rotatable bonds is 6. The van der Waals surface area contributed by atoms with Gasteiger partial charge in [0.2, 0.25) is 0 Å². The van der Waals surface area contributed by atoms with E-state index in [1.165, 1.54) is 6.42 Å². The van der Waals surface area contributed by atoms with Crippen LogP contribution in [0.2, 0.25) is 0 Å². The lowest BCUT2D eigenvalue weighted by Gasteiger charge is -2.33. The molecule has 178 valence electrons. The first-order chi connectivity index (χ1) is 16.3. The third-order valence-electron chi connectivity index (χ3n) is 6.78. The minimum absolute atomic E-state index is 0.0452. The van der Waals surface area contributed by atoms with Crippen LogP contribution in [0.1, 0.15) is 60.8 Å². The maximum absolute atomic E-state index is 13.6. The van der Waals surface area contributed by atoms with Gasteiger partial charge in [-0.25, -0.2) is 4.98 Å². The van der Waals surface area contributed by atoms with E-state index in [2.05, 4.69) is 25.4 Å². The molecule has 2 N–H and O–H groups in total. The number of aromatic nitrogens is 6. The van der Waals surface area contributed by atoms with Crippen molar-refractivity contribution in [2.45, 2.75) is 44.2 Å². The third-order valence-corrected chi connectivity index (χ3v) is 6.78. The summed E-state index contributed by atoms with van der Waals surface area (Å²) < 4.78 is 42.8. The Labute approximate surface area is 194 Å². The highest BCUT2D eigenvalue weighted by Crippen LogP contribution is 2.43. The predicted octanol–water partition coefficient (Wildman–Crippen LogP) is 4.80. The summed E-state index contributed by atoms with van der Waals surface area (Å²) in [5.74, 6) is 0.774. The molecule has 1 aliphatic carbocycles. The number of nitrogens with zero attached hydrogens (tertiary/aromatic N) is 5. The minimum atomic E-state index is -4.62. The number of aromatic amines is 1. The average Bonchev–Trinajstić information content (AvgIpc) is 3.40. The lowest BCUT2D eigenvalue weighted by molar-refractivity contribution is -0.141. The van der Waals surface area contributed by atoms with Gasteiger partial charge in [0.25, 0.3) is 0 Å². The van der Waals surface area contributed by atoms with Crippen LogP contribution in [0.3, 0.4) is 0 Å². The van der Waals surface area contributed by atoms with Crippen LogP contribution >= 0.6 is 0 Å². The van der Waals surface area contributed by atoms with Crippen LogP contribution in [0, 0.1) is 5.92 Å². The number of aliphatic hydroxyl groups excluding tert-OH is 1. The second kappa shape index (κ2) is 8.50. The zero-order valence-corrected chi connectivity index (χ0v) is 18.8. The van der Waals surface area contributed by atoms with Crippen LogP contribution in [0.4, 0.5) is 13.2 Å². The van der Waals surface area contributed by atoms with Crippen molar-refractivity contribution in [3.05, 3.63) is 59.4 Å². The molecule has 7 nitrogen and oxygen atoms in total. The van der Waals surface area contributed by atoms with Crippen molar-refractivity contribution in [3.8, 4) is 11.3 Å². The average molecular weight is 470 g/mol. The highest BCUT2D eigenvalue weighted by atomic mass is 19.4. The predicted molar refractivity (Wildman–Crippen MR) is 120 cm³/mol. The molecule has 0 radical (unpaired) electrons. The second-order valence-corrected chi connectivity index (χ2v) is 9.06. The number of halogens is 3. The van der Waals surface area contributed by atoms with Crippen molar-refractivity contribution in [2.75, 3.05) is 6.61 Å². The molecular formula is C24H25F3N6O. The van der Waals surface area contributed by atoms with Crippen LogP contribution in [-0.2, 0) is 13.2 Å². The number of fused-ring (bicyclic) bond motifs is 1. The fourth-order valence-corrected chi connectivity index (χ4v) is 4.71. The summed E-state index contributed by atoms with van der Waals surface area (Å²) in [7, 11) is 1.92. The summed E-state index contributed by atoms with van der Waals surface area (Å²) in [5, 5.41) is 25.6. The van der Waals surface area contributed by atoms with Gasteiger partial charge in [-0.05, 0) is 36.5 Å². The normalized spacial score (nSPS) is 16.5. The molecule has 3 heterocycles. The number of benzene rings is 1. The van der Waals surface area contributed by atoms with Crippen molar-refractivity contribution >= 4 is 10.9 Å². The van der Waals surface area contributed by atoms with Gasteiger partial charge >= 0.3 is 6.18 Å². The summed E-state index contributed by atoms with van der Waals surface area (Å²) in [5.41, 5.74) is 1.70. The topological polar surface area (TPSA) is 92.5 Å². The molecule has 3 aromatic heterocycles. The Morgan fingerprint density at radius 3 is 2.65 bits per heavy atom. The molecule has 1 fully saturated rings. The van der Waals surface area contributed by atoms with Gasteiger partial charge in [-0.15, -0.1) is 10.2 Å². The molecule has 2 atom stereocenters. The molecule has 0 spiro atoms. The smallest absolute Gasteiger partial charge is 0.396 e. The number of nitrogens with one attached hydrogen (secondary N) is 1. The van der Waals surface area contributed by atoms with Crippen molar-refractivity contribution in [1.82, 2.24) is 29.9 Å². The molecule has 0 amide bonds. The molecule has 0 aliphatic heterocycles. The number of H-pyrrole nitrogens is 1. The van der Waals surface area contributed by atoms with Gasteiger partial charge in [-0.3, -0.25) is 5.10 Å². The lowest BCUT2D eigenvalue weighted by atomic mass is 9.72. The van der Waals surface area contributed by atoms with Crippen LogP contribution in [0.25, 0.3) is 22.2 Å². The summed E-state index contributed by atoms with van der Waals surface area (Å²) in [6, 6.07) is 8.78. The van der Waals surface area contributed by atoms with Crippen LogP contribution in [0.5, 0.6) is 0 Å². The van der Waals surface area contributed by atoms with Gasteiger partial charge in [0.05, 0.1) is 17.8 Å².